The van der Waals surface area contributed by atoms with Crippen molar-refractivity contribution < 1.29 is 9.59 Å². The van der Waals surface area contributed by atoms with Crippen LogP contribution in [-0.2, 0) is 4.79 Å². The Labute approximate surface area is 157 Å². The van der Waals surface area contributed by atoms with E-state index in [1.807, 2.05) is 28.5 Å². The van der Waals surface area contributed by atoms with E-state index < -0.39 is 0 Å². The molecule has 1 fully saturated rings. The number of piperazine rings is 1. The van der Waals surface area contributed by atoms with E-state index in [2.05, 4.69) is 10.3 Å². The van der Waals surface area contributed by atoms with Crippen LogP contribution in [-0.4, -0.2) is 59.8 Å². The van der Waals surface area contributed by atoms with Crippen molar-refractivity contribution in [2.75, 3.05) is 33.2 Å². The highest BCUT2D eigenvalue weighted by atomic mass is 35.5. The first-order valence-electron chi connectivity index (χ1n) is 7.86. The minimum Gasteiger partial charge on any atom is -0.332 e. The number of rotatable bonds is 4. The molecule has 1 N–H and O–H groups in total. The summed E-state index contributed by atoms with van der Waals surface area (Å²) in [6.07, 6.45) is 3.51. The molecule has 0 aromatic carbocycles. The highest BCUT2D eigenvalue weighted by Gasteiger charge is 2.29. The Morgan fingerprint density at radius 2 is 2.24 bits per heavy atom. The van der Waals surface area contributed by atoms with E-state index in [0.717, 1.165) is 12.1 Å². The van der Waals surface area contributed by atoms with Crippen molar-refractivity contribution in [3.63, 3.8) is 0 Å². The number of amides is 2. The summed E-state index contributed by atoms with van der Waals surface area (Å²) in [5.74, 6) is -0.163. The zero-order valence-electron chi connectivity index (χ0n) is 13.9. The van der Waals surface area contributed by atoms with Crippen LogP contribution in [0.1, 0.15) is 21.3 Å². The summed E-state index contributed by atoms with van der Waals surface area (Å²) in [4.78, 5) is 33.2. The lowest BCUT2D eigenvalue weighted by molar-refractivity contribution is -0.135. The van der Waals surface area contributed by atoms with E-state index in [0.29, 0.717) is 18.0 Å². The minimum absolute atomic E-state index is 0. The molecule has 3 heterocycles. The number of hydrogen-bond acceptors (Lipinski definition) is 5. The van der Waals surface area contributed by atoms with E-state index in [4.69, 9.17) is 0 Å². The fraction of sp³-hybridized carbons (Fsp3) is 0.353. The van der Waals surface area contributed by atoms with Crippen LogP contribution in [0.4, 0.5) is 0 Å². The first kappa shape index (κ1) is 19.4. The van der Waals surface area contributed by atoms with E-state index in [-0.39, 0.29) is 36.8 Å². The SMILES string of the molecule is CN(CC(=O)N1CCNCC1c1cccnc1)C(=O)c1cccs1.Cl. The van der Waals surface area contributed by atoms with Gasteiger partial charge in [0, 0.05) is 39.1 Å². The molecule has 2 aromatic rings. The minimum atomic E-state index is -0.119. The van der Waals surface area contributed by atoms with Crippen LogP contribution in [0.2, 0.25) is 0 Å². The van der Waals surface area contributed by atoms with Crippen LogP contribution in [0.5, 0.6) is 0 Å². The Morgan fingerprint density at radius 3 is 2.92 bits per heavy atom. The molecular weight excluding hydrogens is 360 g/mol. The molecule has 134 valence electrons. The number of aromatic nitrogens is 1. The predicted octanol–water partition coefficient (Wildman–Crippen LogP) is 1.81. The maximum Gasteiger partial charge on any atom is 0.264 e. The van der Waals surface area contributed by atoms with Gasteiger partial charge in [0.2, 0.25) is 5.91 Å². The molecule has 1 saturated heterocycles. The molecule has 2 amide bonds. The fourth-order valence-electron chi connectivity index (χ4n) is 2.83. The van der Waals surface area contributed by atoms with Crippen molar-refractivity contribution in [1.29, 1.82) is 0 Å². The zero-order valence-corrected chi connectivity index (χ0v) is 15.6. The topological polar surface area (TPSA) is 65.5 Å². The number of pyridine rings is 1. The molecular formula is C17H21ClN4O2S. The predicted molar refractivity (Wildman–Crippen MR) is 100 cm³/mol. The largest absolute Gasteiger partial charge is 0.332 e. The molecule has 1 aliphatic rings. The third-order valence-corrected chi connectivity index (χ3v) is 4.94. The normalized spacial score (nSPS) is 16.8. The van der Waals surface area contributed by atoms with Gasteiger partial charge in [0.15, 0.2) is 0 Å². The maximum atomic E-state index is 12.8. The summed E-state index contributed by atoms with van der Waals surface area (Å²) < 4.78 is 0. The molecule has 0 bridgehead atoms. The second kappa shape index (κ2) is 8.94. The van der Waals surface area contributed by atoms with Gasteiger partial charge in [-0.2, -0.15) is 0 Å². The summed E-state index contributed by atoms with van der Waals surface area (Å²) >= 11 is 1.39. The third-order valence-electron chi connectivity index (χ3n) is 4.08. The molecule has 1 aliphatic heterocycles. The van der Waals surface area contributed by atoms with Crippen LogP contribution < -0.4 is 5.32 Å². The molecule has 25 heavy (non-hydrogen) atoms. The van der Waals surface area contributed by atoms with Crippen molar-refractivity contribution in [3.05, 3.63) is 52.5 Å². The summed E-state index contributed by atoms with van der Waals surface area (Å²) in [5.41, 5.74) is 1.00. The maximum absolute atomic E-state index is 12.8. The van der Waals surface area contributed by atoms with Gasteiger partial charge in [-0.25, -0.2) is 0 Å². The van der Waals surface area contributed by atoms with Gasteiger partial charge in [0.05, 0.1) is 17.5 Å². The van der Waals surface area contributed by atoms with E-state index in [1.165, 1.54) is 16.2 Å². The lowest BCUT2D eigenvalue weighted by Gasteiger charge is -2.37. The number of halogens is 1. The Morgan fingerprint density at radius 1 is 1.40 bits per heavy atom. The molecule has 0 aliphatic carbocycles. The van der Waals surface area contributed by atoms with Gasteiger partial charge in [-0.15, -0.1) is 23.7 Å². The summed E-state index contributed by atoms with van der Waals surface area (Å²) in [5, 5.41) is 5.17. The van der Waals surface area contributed by atoms with Crippen LogP contribution >= 0.6 is 23.7 Å². The Kier molecular flexibility index (Phi) is 6.92. The van der Waals surface area contributed by atoms with Crippen LogP contribution in [0.15, 0.2) is 42.0 Å². The van der Waals surface area contributed by atoms with E-state index in [9.17, 15) is 9.59 Å². The number of nitrogens with zero attached hydrogens (tertiary/aromatic N) is 3. The number of likely N-dealkylation sites (N-methyl/N-ethyl adjacent to an activating group) is 1. The van der Waals surface area contributed by atoms with Gasteiger partial charge in [-0.3, -0.25) is 14.6 Å². The average molecular weight is 381 g/mol. The highest BCUT2D eigenvalue weighted by molar-refractivity contribution is 7.12. The van der Waals surface area contributed by atoms with Gasteiger partial charge in [-0.05, 0) is 23.1 Å². The van der Waals surface area contributed by atoms with Crippen LogP contribution in [0, 0.1) is 0 Å². The highest BCUT2D eigenvalue weighted by Crippen LogP contribution is 2.22. The Balaban J connectivity index is 0.00000225. The van der Waals surface area contributed by atoms with Gasteiger partial charge < -0.3 is 15.1 Å². The fourth-order valence-corrected chi connectivity index (χ4v) is 3.55. The monoisotopic (exact) mass is 380 g/mol. The molecule has 0 saturated carbocycles. The summed E-state index contributed by atoms with van der Waals surface area (Å²) in [6.45, 7) is 2.15. The zero-order chi connectivity index (χ0) is 16.9. The Bertz CT molecular complexity index is 696. The molecule has 1 unspecified atom stereocenters. The molecule has 6 nitrogen and oxygen atoms in total. The van der Waals surface area contributed by atoms with Crippen molar-refractivity contribution in [2.45, 2.75) is 6.04 Å². The molecule has 8 heteroatoms. The van der Waals surface area contributed by atoms with Gasteiger partial charge in [0.25, 0.3) is 5.91 Å². The number of carbonyl (C=O) groups is 2. The van der Waals surface area contributed by atoms with Crippen molar-refractivity contribution in [2.24, 2.45) is 0 Å². The van der Waals surface area contributed by atoms with Gasteiger partial charge in [0.1, 0.15) is 0 Å². The molecule has 2 aromatic heterocycles. The first-order chi connectivity index (χ1) is 11.7. The van der Waals surface area contributed by atoms with Crippen LogP contribution in [0.25, 0.3) is 0 Å². The molecule has 3 rings (SSSR count). The van der Waals surface area contributed by atoms with Crippen LogP contribution in [0.3, 0.4) is 0 Å². The van der Waals surface area contributed by atoms with Gasteiger partial charge >= 0.3 is 0 Å². The second-order valence-electron chi connectivity index (χ2n) is 5.73. The average Bonchev–Trinajstić information content (AvgIpc) is 3.16. The summed E-state index contributed by atoms with van der Waals surface area (Å²) in [6, 6.07) is 7.41. The standard InChI is InChI=1S/C17H20N4O2S.ClH/c1-20(17(23)15-5-3-9-24-15)12-16(22)21-8-7-19-11-14(21)13-4-2-6-18-10-13;/h2-6,9-10,14,19H,7-8,11-12H2,1H3;1H. The number of carbonyl (C=O) groups excluding carboxylic acids is 2. The van der Waals surface area contributed by atoms with Crippen molar-refractivity contribution in [1.82, 2.24) is 20.1 Å². The second-order valence-corrected chi connectivity index (χ2v) is 6.68. The first-order valence-corrected chi connectivity index (χ1v) is 8.74. The number of nitrogens with one attached hydrogen (secondary N) is 1. The lowest BCUT2D eigenvalue weighted by Crippen LogP contribution is -2.51. The molecule has 1 atom stereocenters. The third kappa shape index (κ3) is 4.56. The lowest BCUT2D eigenvalue weighted by atomic mass is 10.1. The number of hydrogen-bond donors (Lipinski definition) is 1. The van der Waals surface area contributed by atoms with Crippen molar-refractivity contribution >= 4 is 35.6 Å². The van der Waals surface area contributed by atoms with E-state index in [1.54, 1.807) is 25.5 Å². The quantitative estimate of drug-likeness (QED) is 0.878. The number of thiophene rings is 1. The summed E-state index contributed by atoms with van der Waals surface area (Å²) in [7, 11) is 1.67. The Hall–Kier alpha value is -1.96. The van der Waals surface area contributed by atoms with Gasteiger partial charge in [-0.1, -0.05) is 12.1 Å². The molecule has 0 radical (unpaired) electrons. The smallest absolute Gasteiger partial charge is 0.264 e. The molecule has 0 spiro atoms. The van der Waals surface area contributed by atoms with Crippen molar-refractivity contribution in [3.8, 4) is 0 Å². The van der Waals surface area contributed by atoms with E-state index >= 15 is 0 Å².